The van der Waals surface area contributed by atoms with E-state index in [0.717, 1.165) is 0 Å². The highest BCUT2D eigenvalue weighted by atomic mass is 32.2. The number of nitrogens with two attached hydrogens (primary N) is 1. The third-order valence-corrected chi connectivity index (χ3v) is 3.49. The summed E-state index contributed by atoms with van der Waals surface area (Å²) in [4.78, 5) is 23.8. The van der Waals surface area contributed by atoms with Gasteiger partial charge in [0.15, 0.2) is 0 Å². The van der Waals surface area contributed by atoms with Gasteiger partial charge in [-0.15, -0.1) is 0 Å². The SMILES string of the molecule is NS(=O)(=O)CCNC(=O)N1CCCC(C(=O)O)C1. The van der Waals surface area contributed by atoms with E-state index in [1.807, 2.05) is 0 Å². The van der Waals surface area contributed by atoms with Gasteiger partial charge in [0.1, 0.15) is 0 Å². The van der Waals surface area contributed by atoms with E-state index in [2.05, 4.69) is 5.32 Å². The van der Waals surface area contributed by atoms with Crippen LogP contribution < -0.4 is 10.5 Å². The summed E-state index contributed by atoms with van der Waals surface area (Å²) in [5.74, 6) is -1.81. The van der Waals surface area contributed by atoms with Gasteiger partial charge in [0.2, 0.25) is 10.0 Å². The number of carbonyl (C=O) groups is 2. The van der Waals surface area contributed by atoms with Crippen molar-refractivity contribution in [1.29, 1.82) is 0 Å². The monoisotopic (exact) mass is 279 g/mol. The quantitative estimate of drug-likeness (QED) is 0.594. The molecule has 0 aromatic heterocycles. The normalized spacial score (nSPS) is 20.5. The molecule has 18 heavy (non-hydrogen) atoms. The second-order valence-electron chi connectivity index (χ2n) is 4.22. The van der Waals surface area contributed by atoms with Crippen molar-refractivity contribution in [3.63, 3.8) is 0 Å². The van der Waals surface area contributed by atoms with Crippen LogP contribution in [-0.4, -0.2) is 55.8 Å². The van der Waals surface area contributed by atoms with Crippen molar-refractivity contribution in [1.82, 2.24) is 10.2 Å². The van der Waals surface area contributed by atoms with Crippen LogP contribution in [0.5, 0.6) is 0 Å². The first kappa shape index (κ1) is 14.7. The van der Waals surface area contributed by atoms with Crippen LogP contribution in [0.3, 0.4) is 0 Å². The molecule has 1 saturated heterocycles. The molecule has 1 fully saturated rings. The predicted octanol–water partition coefficient (Wildman–Crippen LogP) is -1.22. The number of rotatable bonds is 4. The molecular formula is C9H17N3O5S. The number of likely N-dealkylation sites (tertiary alicyclic amines) is 1. The van der Waals surface area contributed by atoms with Crippen LogP contribution in [0.2, 0.25) is 0 Å². The molecule has 0 aromatic rings. The molecule has 0 saturated carbocycles. The smallest absolute Gasteiger partial charge is 0.317 e. The topological polar surface area (TPSA) is 130 Å². The number of carboxylic acids is 1. The molecule has 8 nitrogen and oxygen atoms in total. The van der Waals surface area contributed by atoms with Crippen LogP contribution in [0, 0.1) is 5.92 Å². The molecule has 4 N–H and O–H groups in total. The average Bonchev–Trinajstić information content (AvgIpc) is 2.27. The summed E-state index contributed by atoms with van der Waals surface area (Å²) in [6.07, 6.45) is 1.18. The number of hydrogen-bond donors (Lipinski definition) is 3. The van der Waals surface area contributed by atoms with Gasteiger partial charge in [-0.3, -0.25) is 4.79 Å². The summed E-state index contributed by atoms with van der Waals surface area (Å²) in [7, 11) is -3.60. The van der Waals surface area contributed by atoms with Crippen LogP contribution in [0.4, 0.5) is 4.79 Å². The van der Waals surface area contributed by atoms with Gasteiger partial charge in [-0.25, -0.2) is 18.4 Å². The molecule has 0 bridgehead atoms. The number of carboxylic acid groups (broad SMARTS) is 1. The van der Waals surface area contributed by atoms with Crippen molar-refractivity contribution in [2.24, 2.45) is 11.1 Å². The lowest BCUT2D eigenvalue weighted by molar-refractivity contribution is -0.143. The first-order valence-corrected chi connectivity index (χ1v) is 7.27. The highest BCUT2D eigenvalue weighted by Gasteiger charge is 2.27. The van der Waals surface area contributed by atoms with Crippen molar-refractivity contribution >= 4 is 22.0 Å². The maximum absolute atomic E-state index is 11.6. The fourth-order valence-corrected chi connectivity index (χ4v) is 2.16. The largest absolute Gasteiger partial charge is 0.481 e. The number of carbonyl (C=O) groups excluding carboxylic acids is 1. The Morgan fingerprint density at radius 2 is 2.11 bits per heavy atom. The lowest BCUT2D eigenvalue weighted by Crippen LogP contribution is -2.48. The van der Waals surface area contributed by atoms with Crippen molar-refractivity contribution < 1.29 is 23.1 Å². The van der Waals surface area contributed by atoms with Crippen LogP contribution in [0.25, 0.3) is 0 Å². The van der Waals surface area contributed by atoms with E-state index in [1.165, 1.54) is 4.90 Å². The number of nitrogens with one attached hydrogen (secondary N) is 1. The van der Waals surface area contributed by atoms with Crippen molar-refractivity contribution in [3.05, 3.63) is 0 Å². The van der Waals surface area contributed by atoms with E-state index in [4.69, 9.17) is 10.2 Å². The molecule has 2 amide bonds. The molecule has 0 radical (unpaired) electrons. The van der Waals surface area contributed by atoms with E-state index in [0.29, 0.717) is 19.4 Å². The van der Waals surface area contributed by atoms with E-state index in [9.17, 15) is 18.0 Å². The standard InChI is InChI=1S/C9H17N3O5S/c10-18(16,17)5-3-11-9(15)12-4-1-2-7(6-12)8(13)14/h7H,1-6H2,(H,11,15)(H,13,14)(H2,10,16,17). The zero-order valence-corrected chi connectivity index (χ0v) is 10.6. The maximum atomic E-state index is 11.6. The molecule has 1 rings (SSSR count). The third kappa shape index (κ3) is 4.88. The molecule has 0 aliphatic carbocycles. The molecular weight excluding hydrogens is 262 g/mol. The maximum Gasteiger partial charge on any atom is 0.317 e. The van der Waals surface area contributed by atoms with Crippen molar-refractivity contribution in [2.45, 2.75) is 12.8 Å². The molecule has 1 heterocycles. The van der Waals surface area contributed by atoms with E-state index >= 15 is 0 Å². The summed E-state index contributed by atoms with van der Waals surface area (Å²) < 4.78 is 21.3. The molecule has 0 spiro atoms. The fraction of sp³-hybridized carbons (Fsp3) is 0.778. The Bertz CT molecular complexity index is 422. The number of piperidine rings is 1. The zero-order chi connectivity index (χ0) is 13.8. The Kier molecular flexibility index (Phi) is 4.91. The second-order valence-corrected chi connectivity index (χ2v) is 5.96. The summed E-state index contributed by atoms with van der Waals surface area (Å²) in [6.45, 7) is 0.549. The Hall–Kier alpha value is -1.35. The van der Waals surface area contributed by atoms with E-state index < -0.39 is 27.9 Å². The molecule has 0 aromatic carbocycles. The Labute approximate surface area is 105 Å². The first-order chi connectivity index (χ1) is 8.29. The first-order valence-electron chi connectivity index (χ1n) is 5.55. The number of aliphatic carboxylic acids is 1. The fourth-order valence-electron chi connectivity index (χ4n) is 1.78. The highest BCUT2D eigenvalue weighted by molar-refractivity contribution is 7.89. The van der Waals surface area contributed by atoms with Gasteiger partial charge in [0, 0.05) is 19.6 Å². The highest BCUT2D eigenvalue weighted by Crippen LogP contribution is 2.16. The molecule has 1 atom stereocenters. The van der Waals surface area contributed by atoms with Gasteiger partial charge in [0.05, 0.1) is 11.7 Å². The lowest BCUT2D eigenvalue weighted by atomic mass is 9.99. The van der Waals surface area contributed by atoms with Crippen LogP contribution in [-0.2, 0) is 14.8 Å². The summed E-state index contributed by atoms with van der Waals surface area (Å²) in [6, 6.07) is -0.454. The number of amides is 2. The van der Waals surface area contributed by atoms with Crippen molar-refractivity contribution in [2.75, 3.05) is 25.4 Å². The lowest BCUT2D eigenvalue weighted by Gasteiger charge is -2.30. The Morgan fingerprint density at radius 3 is 2.67 bits per heavy atom. The van der Waals surface area contributed by atoms with Gasteiger partial charge in [-0.2, -0.15) is 0 Å². The van der Waals surface area contributed by atoms with Crippen LogP contribution in [0.1, 0.15) is 12.8 Å². The predicted molar refractivity (Wildman–Crippen MR) is 63.3 cm³/mol. The minimum absolute atomic E-state index is 0.0775. The molecule has 1 unspecified atom stereocenters. The average molecular weight is 279 g/mol. The van der Waals surface area contributed by atoms with Crippen LogP contribution in [0.15, 0.2) is 0 Å². The Morgan fingerprint density at radius 1 is 1.44 bits per heavy atom. The number of hydrogen-bond acceptors (Lipinski definition) is 4. The van der Waals surface area contributed by atoms with Gasteiger partial charge in [-0.05, 0) is 12.8 Å². The van der Waals surface area contributed by atoms with Gasteiger partial charge in [0.25, 0.3) is 0 Å². The van der Waals surface area contributed by atoms with Gasteiger partial charge < -0.3 is 15.3 Å². The number of sulfonamides is 1. The molecule has 1 aliphatic rings. The second kappa shape index (κ2) is 6.01. The summed E-state index contributed by atoms with van der Waals surface area (Å²) in [5.41, 5.74) is 0. The number of primary sulfonamides is 1. The number of urea groups is 1. The summed E-state index contributed by atoms with van der Waals surface area (Å²) >= 11 is 0. The van der Waals surface area contributed by atoms with Crippen molar-refractivity contribution in [3.8, 4) is 0 Å². The minimum atomic E-state index is -3.60. The Balaban J connectivity index is 2.39. The minimum Gasteiger partial charge on any atom is -0.481 e. The van der Waals surface area contributed by atoms with E-state index in [-0.39, 0.29) is 18.8 Å². The summed E-state index contributed by atoms with van der Waals surface area (Å²) in [5, 5.41) is 16.1. The van der Waals surface area contributed by atoms with E-state index in [1.54, 1.807) is 0 Å². The third-order valence-electron chi connectivity index (χ3n) is 2.72. The van der Waals surface area contributed by atoms with Gasteiger partial charge >= 0.3 is 12.0 Å². The zero-order valence-electron chi connectivity index (χ0n) is 9.83. The molecule has 1 aliphatic heterocycles. The molecule has 9 heteroatoms. The van der Waals surface area contributed by atoms with Gasteiger partial charge in [-0.1, -0.05) is 0 Å². The van der Waals surface area contributed by atoms with Crippen LogP contribution >= 0.6 is 0 Å². The number of nitrogens with zero attached hydrogens (tertiary/aromatic N) is 1. The molecule has 104 valence electrons.